The zero-order chi connectivity index (χ0) is 18.9. The van der Waals surface area contributed by atoms with Crippen molar-refractivity contribution in [3.63, 3.8) is 0 Å². The Morgan fingerprint density at radius 3 is 2.81 bits per heavy atom. The number of benzene rings is 1. The lowest BCUT2D eigenvalue weighted by Gasteiger charge is -2.34. The zero-order valence-corrected chi connectivity index (χ0v) is 15.8. The number of urea groups is 1. The minimum absolute atomic E-state index is 0.384. The van der Waals surface area contributed by atoms with Crippen LogP contribution in [-0.4, -0.2) is 41.5 Å². The number of carbonyl (C=O) groups is 1. The van der Waals surface area contributed by atoms with Crippen LogP contribution in [0.15, 0.2) is 22.7 Å². The number of aryl methyl sites for hydroxylation is 1. The van der Waals surface area contributed by atoms with Gasteiger partial charge in [-0.05, 0) is 19.1 Å². The molecule has 3 heterocycles. The molecule has 2 N–H and O–H groups in total. The number of nitrogens with one attached hydrogen (secondary N) is 2. The van der Waals surface area contributed by atoms with Crippen molar-refractivity contribution in [2.45, 2.75) is 25.3 Å². The molecular formula is C17H19N5O4S. The number of hydrogen-bond donors (Lipinski definition) is 2. The molecule has 0 atom stereocenters. The van der Waals surface area contributed by atoms with Gasteiger partial charge in [0.2, 0.25) is 0 Å². The summed E-state index contributed by atoms with van der Waals surface area (Å²) in [4.78, 5) is 21.4. The Morgan fingerprint density at radius 2 is 2.11 bits per heavy atom. The van der Waals surface area contributed by atoms with Gasteiger partial charge in [-0.15, -0.1) is 0 Å². The second-order valence-corrected chi connectivity index (χ2v) is 7.25. The fraction of sp³-hybridized carbons (Fsp3) is 0.412. The predicted octanol–water partition coefficient (Wildman–Crippen LogP) is 2.82. The van der Waals surface area contributed by atoms with Crippen molar-refractivity contribution in [1.29, 1.82) is 0 Å². The molecule has 1 aliphatic rings. The summed E-state index contributed by atoms with van der Waals surface area (Å²) in [6, 6.07) is 5.21. The fourth-order valence-electron chi connectivity index (χ4n) is 3.09. The monoisotopic (exact) mass is 389 g/mol. The third kappa shape index (κ3) is 3.45. The van der Waals surface area contributed by atoms with Crippen LogP contribution < -0.4 is 15.4 Å². The van der Waals surface area contributed by atoms with Crippen molar-refractivity contribution >= 4 is 32.7 Å². The highest BCUT2D eigenvalue weighted by Crippen LogP contribution is 2.34. The van der Waals surface area contributed by atoms with Gasteiger partial charge in [-0.2, -0.15) is 4.98 Å². The summed E-state index contributed by atoms with van der Waals surface area (Å²) in [7, 11) is 1.61. The number of nitrogens with zero attached hydrogens (tertiary/aromatic N) is 3. The number of rotatable bonds is 4. The van der Waals surface area contributed by atoms with Gasteiger partial charge in [-0.1, -0.05) is 22.6 Å². The molecule has 0 unspecified atom stereocenters. The van der Waals surface area contributed by atoms with E-state index in [9.17, 15) is 4.79 Å². The number of fused-ring (bicyclic) bond motifs is 1. The summed E-state index contributed by atoms with van der Waals surface area (Å²) in [5, 5.41) is 10.1. The number of methoxy groups -OCH3 is 1. The number of amides is 2. The topological polar surface area (TPSA) is 111 Å². The first-order chi connectivity index (χ1) is 13.1. The van der Waals surface area contributed by atoms with Crippen molar-refractivity contribution in [2.75, 3.05) is 25.6 Å². The number of aromatic nitrogens is 3. The van der Waals surface area contributed by atoms with E-state index in [-0.39, 0.29) is 6.03 Å². The molecule has 2 amide bonds. The average Bonchev–Trinajstić information content (AvgIpc) is 3.28. The summed E-state index contributed by atoms with van der Waals surface area (Å²) in [5.41, 5.74) is 0.0146. The smallest absolute Gasteiger partial charge is 0.321 e. The molecule has 27 heavy (non-hydrogen) atoms. The summed E-state index contributed by atoms with van der Waals surface area (Å²) >= 11 is 1.35. The molecule has 1 aromatic carbocycles. The highest BCUT2D eigenvalue weighted by atomic mass is 32.1. The van der Waals surface area contributed by atoms with Crippen molar-refractivity contribution in [2.24, 2.45) is 0 Å². The van der Waals surface area contributed by atoms with Gasteiger partial charge in [-0.25, -0.2) is 9.78 Å². The molecule has 0 aliphatic carbocycles. The number of carbonyl (C=O) groups excluding carboxylic acids is 1. The van der Waals surface area contributed by atoms with Gasteiger partial charge < -0.3 is 19.3 Å². The average molecular weight is 389 g/mol. The lowest BCUT2D eigenvalue weighted by molar-refractivity contribution is 0.0285. The van der Waals surface area contributed by atoms with E-state index in [0.29, 0.717) is 42.9 Å². The predicted molar refractivity (Wildman–Crippen MR) is 99.1 cm³/mol. The summed E-state index contributed by atoms with van der Waals surface area (Å²) in [6.45, 7) is 2.74. The highest BCUT2D eigenvalue weighted by Gasteiger charge is 2.41. The van der Waals surface area contributed by atoms with Crippen molar-refractivity contribution < 1.29 is 18.8 Å². The van der Waals surface area contributed by atoms with Gasteiger partial charge in [0, 0.05) is 26.1 Å². The number of ether oxygens (including phenoxy) is 2. The molecule has 0 bridgehead atoms. The van der Waals surface area contributed by atoms with E-state index in [0.717, 1.165) is 16.0 Å². The van der Waals surface area contributed by atoms with E-state index in [2.05, 4.69) is 25.8 Å². The Kier molecular flexibility index (Phi) is 4.66. The lowest BCUT2D eigenvalue weighted by atomic mass is 9.90. The van der Waals surface area contributed by atoms with E-state index >= 15 is 0 Å². The van der Waals surface area contributed by atoms with Crippen molar-refractivity contribution in [3.05, 3.63) is 29.9 Å². The first kappa shape index (κ1) is 17.7. The van der Waals surface area contributed by atoms with E-state index in [1.54, 1.807) is 14.0 Å². The zero-order valence-electron chi connectivity index (χ0n) is 14.9. The molecule has 3 aromatic rings. The van der Waals surface area contributed by atoms with Crippen LogP contribution in [0.4, 0.5) is 9.93 Å². The first-order valence-electron chi connectivity index (χ1n) is 8.51. The van der Waals surface area contributed by atoms with Crippen LogP contribution >= 0.6 is 11.3 Å². The number of anilines is 1. The van der Waals surface area contributed by atoms with E-state index in [1.807, 2.05) is 18.2 Å². The summed E-state index contributed by atoms with van der Waals surface area (Å²) in [5.74, 6) is 1.64. The molecule has 142 valence electrons. The minimum Gasteiger partial charge on any atom is -0.495 e. The van der Waals surface area contributed by atoms with Crippen LogP contribution in [0, 0.1) is 6.92 Å². The van der Waals surface area contributed by atoms with E-state index in [4.69, 9.17) is 14.0 Å². The lowest BCUT2D eigenvalue weighted by Crippen LogP contribution is -2.51. The molecule has 4 rings (SSSR count). The molecule has 1 aliphatic heterocycles. The van der Waals surface area contributed by atoms with Gasteiger partial charge in [0.25, 0.3) is 5.89 Å². The maximum Gasteiger partial charge on any atom is 0.321 e. The Labute approximate surface area is 159 Å². The van der Waals surface area contributed by atoms with Gasteiger partial charge in [-0.3, -0.25) is 5.32 Å². The van der Waals surface area contributed by atoms with Crippen LogP contribution in [0.25, 0.3) is 10.2 Å². The SMILES string of the molecule is COc1cccc2nc(NC(=O)NC3(c4nc(C)no4)CCOCC3)sc12. The minimum atomic E-state index is -0.752. The van der Waals surface area contributed by atoms with Crippen LogP contribution in [0.2, 0.25) is 0 Å². The van der Waals surface area contributed by atoms with E-state index < -0.39 is 5.54 Å². The third-order valence-electron chi connectivity index (χ3n) is 4.46. The summed E-state index contributed by atoms with van der Waals surface area (Å²) < 4.78 is 17.0. The molecule has 0 saturated carbocycles. The quantitative estimate of drug-likeness (QED) is 0.706. The highest BCUT2D eigenvalue weighted by molar-refractivity contribution is 7.22. The first-order valence-corrected chi connectivity index (χ1v) is 9.32. The molecule has 9 nitrogen and oxygen atoms in total. The molecule has 0 spiro atoms. The maximum absolute atomic E-state index is 12.7. The molecule has 0 radical (unpaired) electrons. The standard InChI is InChI=1S/C17H19N5O4S/c1-10-18-14(26-22-10)17(6-8-25-9-7-17)21-15(23)20-16-19-11-4-3-5-12(24-2)13(11)27-16/h3-5H,6-9H2,1-2H3,(H2,19,20,21,23). The molecule has 1 saturated heterocycles. The van der Waals surface area contributed by atoms with Crippen LogP contribution in [-0.2, 0) is 10.3 Å². The second-order valence-electron chi connectivity index (χ2n) is 6.25. The Hall–Kier alpha value is -2.72. The normalized spacial score (nSPS) is 16.2. The molecule has 2 aromatic heterocycles. The Balaban J connectivity index is 1.55. The van der Waals surface area contributed by atoms with Gasteiger partial charge >= 0.3 is 6.03 Å². The van der Waals surface area contributed by atoms with Crippen LogP contribution in [0.1, 0.15) is 24.6 Å². The number of thiazole rings is 1. The molecule has 1 fully saturated rings. The van der Waals surface area contributed by atoms with Gasteiger partial charge in [0.1, 0.15) is 11.3 Å². The van der Waals surface area contributed by atoms with Gasteiger partial charge in [0.05, 0.1) is 17.3 Å². The van der Waals surface area contributed by atoms with Crippen molar-refractivity contribution in [1.82, 2.24) is 20.4 Å². The largest absolute Gasteiger partial charge is 0.495 e. The Bertz CT molecular complexity index is 963. The van der Waals surface area contributed by atoms with Crippen LogP contribution in [0.3, 0.4) is 0 Å². The van der Waals surface area contributed by atoms with Crippen molar-refractivity contribution in [3.8, 4) is 5.75 Å². The summed E-state index contributed by atoms with van der Waals surface area (Å²) in [6.07, 6.45) is 1.10. The fourth-order valence-corrected chi connectivity index (χ4v) is 4.04. The van der Waals surface area contributed by atoms with Crippen LogP contribution in [0.5, 0.6) is 5.75 Å². The molecule has 10 heteroatoms. The second kappa shape index (κ2) is 7.12. The Morgan fingerprint density at radius 1 is 1.30 bits per heavy atom. The third-order valence-corrected chi connectivity index (χ3v) is 5.46. The van der Waals surface area contributed by atoms with E-state index in [1.165, 1.54) is 11.3 Å². The maximum atomic E-state index is 12.7. The number of hydrogen-bond acceptors (Lipinski definition) is 8. The molecular weight excluding hydrogens is 370 g/mol. The van der Waals surface area contributed by atoms with Gasteiger partial charge in [0.15, 0.2) is 11.0 Å².